The molecular formula is C5H12N2O3. The summed E-state index contributed by atoms with van der Waals surface area (Å²) in [4.78, 5) is 9.00. The standard InChI is InChI=1S/C4H8O2.CH4N2O/c5-3-1-2-4-6;2-1(3)4/h1-2,5-6H,3-4H2;(H4,2,3,4). The molecule has 0 bridgehead atoms. The Morgan fingerprint density at radius 1 is 1.20 bits per heavy atom. The Balaban J connectivity index is 0. The molecule has 0 saturated carbocycles. The zero-order valence-electron chi connectivity index (χ0n) is 5.53. The summed E-state index contributed by atoms with van der Waals surface area (Å²) in [7, 11) is 0. The maximum atomic E-state index is 9.00. The van der Waals surface area contributed by atoms with Gasteiger partial charge in [-0.05, 0) is 0 Å². The second-order valence-electron chi connectivity index (χ2n) is 1.24. The third kappa shape index (κ3) is 65.4. The molecule has 5 nitrogen and oxygen atoms in total. The zero-order valence-corrected chi connectivity index (χ0v) is 5.53. The SMILES string of the molecule is NC(N)=O.OCC=CCO. The fourth-order valence-corrected chi connectivity index (χ4v) is 0.149. The molecule has 0 aromatic rings. The Morgan fingerprint density at radius 3 is 1.50 bits per heavy atom. The van der Waals surface area contributed by atoms with Gasteiger partial charge in [-0.3, -0.25) is 0 Å². The van der Waals surface area contributed by atoms with Crippen molar-refractivity contribution >= 4 is 6.03 Å². The van der Waals surface area contributed by atoms with Gasteiger partial charge in [0.15, 0.2) is 0 Å². The largest absolute Gasteiger partial charge is 0.392 e. The lowest BCUT2D eigenvalue weighted by atomic mass is 10.5. The van der Waals surface area contributed by atoms with Crippen molar-refractivity contribution in [3.63, 3.8) is 0 Å². The van der Waals surface area contributed by atoms with Gasteiger partial charge in [0.05, 0.1) is 13.2 Å². The number of primary amides is 2. The summed E-state index contributed by atoms with van der Waals surface area (Å²) in [6.07, 6.45) is 2.97. The summed E-state index contributed by atoms with van der Waals surface area (Å²) < 4.78 is 0. The van der Waals surface area contributed by atoms with E-state index in [2.05, 4.69) is 11.5 Å². The Bertz CT molecular complexity index is 93.1. The lowest BCUT2D eigenvalue weighted by molar-refractivity contribution is 0.256. The zero-order chi connectivity index (χ0) is 8.41. The van der Waals surface area contributed by atoms with E-state index in [-0.39, 0.29) is 13.2 Å². The van der Waals surface area contributed by atoms with Gasteiger partial charge in [-0.15, -0.1) is 0 Å². The number of aliphatic hydroxyl groups is 2. The normalized spacial score (nSPS) is 8.60. The second kappa shape index (κ2) is 10.8. The van der Waals surface area contributed by atoms with Crippen molar-refractivity contribution in [1.29, 1.82) is 0 Å². The van der Waals surface area contributed by atoms with Crippen LogP contribution in [0.5, 0.6) is 0 Å². The number of hydrogen-bond donors (Lipinski definition) is 4. The molecule has 0 aromatic carbocycles. The average Bonchev–Trinajstić information content (AvgIpc) is 1.82. The number of carbonyl (C=O) groups is 1. The van der Waals surface area contributed by atoms with E-state index < -0.39 is 6.03 Å². The summed E-state index contributed by atoms with van der Waals surface area (Å²) >= 11 is 0. The van der Waals surface area contributed by atoms with Crippen LogP contribution in [0.1, 0.15) is 0 Å². The van der Waals surface area contributed by atoms with E-state index in [9.17, 15) is 0 Å². The lowest BCUT2D eigenvalue weighted by Crippen LogP contribution is -2.18. The van der Waals surface area contributed by atoms with Crippen LogP contribution < -0.4 is 11.5 Å². The summed E-state index contributed by atoms with van der Waals surface area (Å²) in [6, 6.07) is -0.833. The van der Waals surface area contributed by atoms with Gasteiger partial charge in [-0.25, -0.2) is 4.79 Å². The number of carbonyl (C=O) groups excluding carboxylic acids is 1. The van der Waals surface area contributed by atoms with Crippen molar-refractivity contribution in [2.24, 2.45) is 11.5 Å². The van der Waals surface area contributed by atoms with Crippen LogP contribution in [0.2, 0.25) is 0 Å². The van der Waals surface area contributed by atoms with Crippen molar-refractivity contribution in [2.45, 2.75) is 0 Å². The molecule has 0 heterocycles. The highest BCUT2D eigenvalue weighted by atomic mass is 16.3. The minimum absolute atomic E-state index is 0.0144. The van der Waals surface area contributed by atoms with Crippen LogP contribution in [-0.2, 0) is 0 Å². The molecule has 10 heavy (non-hydrogen) atoms. The Hall–Kier alpha value is -1.07. The quantitative estimate of drug-likeness (QED) is 0.359. The van der Waals surface area contributed by atoms with E-state index in [1.54, 1.807) is 0 Å². The fourth-order valence-electron chi connectivity index (χ4n) is 0.149. The smallest absolute Gasteiger partial charge is 0.309 e. The van der Waals surface area contributed by atoms with E-state index in [1.165, 1.54) is 12.2 Å². The highest BCUT2D eigenvalue weighted by Gasteiger charge is 1.61. The third-order valence-corrected chi connectivity index (χ3v) is 0.377. The van der Waals surface area contributed by atoms with E-state index in [4.69, 9.17) is 15.0 Å². The predicted molar refractivity (Wildman–Crippen MR) is 37.1 cm³/mol. The molecule has 2 amide bonds. The van der Waals surface area contributed by atoms with Gasteiger partial charge in [-0.1, -0.05) is 12.2 Å². The first-order chi connectivity index (χ1) is 4.65. The molecule has 0 aliphatic carbocycles. The van der Waals surface area contributed by atoms with Gasteiger partial charge in [0, 0.05) is 0 Å². The van der Waals surface area contributed by atoms with Crippen LogP contribution in [0.15, 0.2) is 12.2 Å². The number of amides is 2. The number of nitrogens with two attached hydrogens (primary N) is 2. The molecule has 0 rings (SSSR count). The maximum absolute atomic E-state index is 9.00. The molecule has 0 aliphatic rings. The molecule has 0 saturated heterocycles. The van der Waals surface area contributed by atoms with E-state index in [1.807, 2.05) is 0 Å². The molecule has 0 aliphatic heterocycles. The van der Waals surface area contributed by atoms with Gasteiger partial charge in [0.2, 0.25) is 0 Å². The summed E-state index contributed by atoms with van der Waals surface area (Å²) in [5.41, 5.74) is 8.50. The van der Waals surface area contributed by atoms with Gasteiger partial charge in [0.25, 0.3) is 0 Å². The van der Waals surface area contributed by atoms with Crippen molar-refractivity contribution in [2.75, 3.05) is 13.2 Å². The van der Waals surface area contributed by atoms with E-state index >= 15 is 0 Å². The van der Waals surface area contributed by atoms with Gasteiger partial charge in [-0.2, -0.15) is 0 Å². The number of rotatable bonds is 2. The molecule has 5 heteroatoms. The van der Waals surface area contributed by atoms with Gasteiger partial charge < -0.3 is 21.7 Å². The van der Waals surface area contributed by atoms with E-state index in [0.717, 1.165) is 0 Å². The summed E-state index contributed by atoms with van der Waals surface area (Å²) in [5, 5.41) is 16.0. The molecule has 0 atom stereocenters. The fraction of sp³-hybridized carbons (Fsp3) is 0.400. The number of aliphatic hydroxyl groups excluding tert-OH is 2. The lowest BCUT2D eigenvalue weighted by Gasteiger charge is -1.73. The highest BCUT2D eigenvalue weighted by molar-refractivity contribution is 5.69. The number of urea groups is 1. The van der Waals surface area contributed by atoms with Crippen LogP contribution in [0.4, 0.5) is 4.79 Å². The summed E-state index contributed by atoms with van der Waals surface area (Å²) in [6.45, 7) is 0.0289. The van der Waals surface area contributed by atoms with Crippen LogP contribution in [0.3, 0.4) is 0 Å². The minimum atomic E-state index is -0.833. The molecule has 60 valence electrons. The Kier molecular flexibility index (Phi) is 12.7. The van der Waals surface area contributed by atoms with Crippen LogP contribution in [0.25, 0.3) is 0 Å². The van der Waals surface area contributed by atoms with Crippen LogP contribution in [0, 0.1) is 0 Å². The monoisotopic (exact) mass is 148 g/mol. The molecular weight excluding hydrogens is 136 g/mol. The van der Waals surface area contributed by atoms with Gasteiger partial charge >= 0.3 is 6.03 Å². The molecule has 0 radical (unpaired) electrons. The molecule has 0 fully saturated rings. The second-order valence-corrected chi connectivity index (χ2v) is 1.24. The Labute approximate surface area is 58.9 Å². The average molecular weight is 148 g/mol. The highest BCUT2D eigenvalue weighted by Crippen LogP contribution is 1.63. The third-order valence-electron chi connectivity index (χ3n) is 0.377. The minimum Gasteiger partial charge on any atom is -0.392 e. The van der Waals surface area contributed by atoms with Crippen LogP contribution >= 0.6 is 0 Å². The van der Waals surface area contributed by atoms with Crippen molar-refractivity contribution in [3.05, 3.63) is 12.2 Å². The first-order valence-corrected chi connectivity index (χ1v) is 2.56. The van der Waals surface area contributed by atoms with Crippen molar-refractivity contribution in [1.82, 2.24) is 0 Å². The van der Waals surface area contributed by atoms with E-state index in [0.29, 0.717) is 0 Å². The predicted octanol–water partition coefficient (Wildman–Crippen LogP) is -1.45. The number of hydrogen-bond acceptors (Lipinski definition) is 3. The van der Waals surface area contributed by atoms with Crippen molar-refractivity contribution in [3.8, 4) is 0 Å². The summed E-state index contributed by atoms with van der Waals surface area (Å²) in [5.74, 6) is 0. The first-order valence-electron chi connectivity index (χ1n) is 2.56. The molecule has 0 unspecified atom stereocenters. The molecule has 0 aromatic heterocycles. The van der Waals surface area contributed by atoms with Gasteiger partial charge in [0.1, 0.15) is 0 Å². The van der Waals surface area contributed by atoms with Crippen LogP contribution in [-0.4, -0.2) is 29.5 Å². The topological polar surface area (TPSA) is 110 Å². The molecule has 6 N–H and O–H groups in total. The Morgan fingerprint density at radius 2 is 1.40 bits per heavy atom. The first kappa shape index (κ1) is 11.7. The molecule has 0 spiro atoms. The maximum Gasteiger partial charge on any atom is 0.309 e. The van der Waals surface area contributed by atoms with Crippen molar-refractivity contribution < 1.29 is 15.0 Å².